The van der Waals surface area contributed by atoms with Gasteiger partial charge in [-0.3, -0.25) is 14.4 Å². The van der Waals surface area contributed by atoms with E-state index in [9.17, 15) is 13.2 Å². The third-order valence-electron chi connectivity index (χ3n) is 17.9. The molecule has 0 saturated heterocycles. The summed E-state index contributed by atoms with van der Waals surface area (Å²) in [5.41, 5.74) is 17.0. The summed E-state index contributed by atoms with van der Waals surface area (Å²) in [6, 6.07) is 38.9. The van der Waals surface area contributed by atoms with Gasteiger partial charge in [0.1, 0.15) is 30.6 Å². The molecular weight excluding hydrogens is 1570 g/mol. The molecule has 16 aromatic rings. The molecule has 0 bridgehead atoms. The number of imidazole rings is 2. The number of benzene rings is 4. The summed E-state index contributed by atoms with van der Waals surface area (Å²) in [7, 11) is 0. The van der Waals surface area contributed by atoms with E-state index in [4.69, 9.17) is 13.9 Å². The molecule has 18 rings (SSSR count). The SMILES string of the molecule is CC(C)(C)C.CC(C)(C)C.CC(C)(C)c1ccn2cnnc2c1.CC(C)(C)c1ccn2nccc2n1.CC(C)(C)c1cnc2cnccn12.CC(C)c1ccc2c(c1)OC(F)(F)O2.CC(C)c1ccc2c(c1)OCCO2.CC(C)c1cn2ccnc2cn1.Cc1nc2ccccc2o1.Cc1nc2ccccc2s1.Cc1nn2ccc(C(C)(C)C)cc2c1F. The van der Waals surface area contributed by atoms with Crippen LogP contribution in [0, 0.1) is 37.4 Å². The highest BCUT2D eigenvalue weighted by atomic mass is 32.1. The molecule has 0 N–H and O–H groups in total. The molecule has 0 atom stereocenters. The molecule has 0 saturated carbocycles. The van der Waals surface area contributed by atoms with Gasteiger partial charge in [0.05, 0.1) is 45.2 Å². The number of alkyl halides is 2. The van der Waals surface area contributed by atoms with E-state index in [1.54, 1.807) is 76.7 Å². The van der Waals surface area contributed by atoms with E-state index in [1.807, 2.05) is 153 Å². The molecule has 4 aromatic carbocycles. The Morgan fingerprint density at radius 1 is 0.480 bits per heavy atom. The molecule has 2 aliphatic heterocycles. The van der Waals surface area contributed by atoms with Crippen LogP contribution in [0.3, 0.4) is 0 Å². The van der Waals surface area contributed by atoms with Crippen LogP contribution in [0.2, 0.25) is 0 Å². The van der Waals surface area contributed by atoms with Gasteiger partial charge in [-0.25, -0.2) is 38.3 Å². The molecular formula is C98H127F3N16O5S. The van der Waals surface area contributed by atoms with E-state index >= 15 is 0 Å². The van der Waals surface area contributed by atoms with Crippen molar-refractivity contribution >= 4 is 60.8 Å². The molecule has 14 heterocycles. The lowest BCUT2D eigenvalue weighted by Crippen LogP contribution is -2.25. The van der Waals surface area contributed by atoms with Crippen molar-refractivity contribution in [2.45, 2.75) is 246 Å². The highest BCUT2D eigenvalue weighted by Gasteiger charge is 2.43. The van der Waals surface area contributed by atoms with Crippen LogP contribution in [-0.4, -0.2) is 97.0 Å². The number of rotatable bonds is 3. The van der Waals surface area contributed by atoms with Crippen molar-refractivity contribution in [1.82, 2.24) is 77.5 Å². The summed E-state index contributed by atoms with van der Waals surface area (Å²) in [4.78, 5) is 29.7. The highest BCUT2D eigenvalue weighted by molar-refractivity contribution is 7.18. The van der Waals surface area contributed by atoms with E-state index in [2.05, 4.69) is 266 Å². The van der Waals surface area contributed by atoms with Crippen LogP contribution in [0.25, 0.3) is 49.4 Å². The summed E-state index contributed by atoms with van der Waals surface area (Å²) < 4.78 is 74.3. The second kappa shape index (κ2) is 41.5. The first-order valence-electron chi connectivity index (χ1n) is 41.6. The molecule has 0 unspecified atom stereocenters. The van der Waals surface area contributed by atoms with Crippen molar-refractivity contribution in [3.05, 3.63) is 264 Å². The van der Waals surface area contributed by atoms with Crippen LogP contribution >= 0.6 is 11.3 Å². The van der Waals surface area contributed by atoms with Crippen LogP contribution < -0.4 is 18.9 Å². The zero-order valence-corrected chi connectivity index (χ0v) is 78.3. The first kappa shape index (κ1) is 96.9. The first-order chi connectivity index (χ1) is 57.4. The number of para-hydroxylation sites is 3. The number of oxazole rings is 1. The third-order valence-corrected chi connectivity index (χ3v) is 18.8. The maximum Gasteiger partial charge on any atom is 0.586 e. The minimum Gasteiger partial charge on any atom is -0.486 e. The number of hydrogen-bond donors (Lipinski definition) is 0. The Balaban J connectivity index is 0.000000170. The maximum atomic E-state index is 13.6. The van der Waals surface area contributed by atoms with E-state index in [0.29, 0.717) is 47.1 Å². The van der Waals surface area contributed by atoms with Gasteiger partial charge in [-0.2, -0.15) is 10.2 Å². The van der Waals surface area contributed by atoms with Crippen molar-refractivity contribution in [1.29, 1.82) is 0 Å². The number of pyridine rings is 2. The predicted molar refractivity (Wildman–Crippen MR) is 492 cm³/mol. The van der Waals surface area contributed by atoms with Gasteiger partial charge in [-0.05, 0) is 154 Å². The number of aromatic nitrogens is 16. The lowest BCUT2D eigenvalue weighted by atomic mass is 9.87. The third kappa shape index (κ3) is 30.2. The van der Waals surface area contributed by atoms with E-state index in [1.165, 1.54) is 27.6 Å². The number of fused-ring (bicyclic) bond motifs is 9. The van der Waals surface area contributed by atoms with Crippen LogP contribution in [0.15, 0.2) is 206 Å². The topological polar surface area (TPSA) is 214 Å². The molecule has 656 valence electrons. The average Bonchev–Trinajstić information content (AvgIpc) is 1.65. The summed E-state index contributed by atoms with van der Waals surface area (Å²) in [5.74, 6) is 3.75. The molecule has 0 fully saturated rings. The summed E-state index contributed by atoms with van der Waals surface area (Å²) >= 11 is 1.74. The largest absolute Gasteiger partial charge is 0.586 e. The predicted octanol–water partition coefficient (Wildman–Crippen LogP) is 25.6. The average molecular weight is 1700 g/mol. The zero-order chi connectivity index (χ0) is 90.7. The molecule has 123 heavy (non-hydrogen) atoms. The van der Waals surface area contributed by atoms with E-state index < -0.39 is 6.29 Å². The molecule has 0 aliphatic carbocycles. The zero-order valence-electron chi connectivity index (χ0n) is 77.4. The maximum absolute atomic E-state index is 13.6. The summed E-state index contributed by atoms with van der Waals surface area (Å²) in [6.45, 7) is 62.8. The fourth-order valence-corrected chi connectivity index (χ4v) is 12.2. The van der Waals surface area contributed by atoms with Gasteiger partial charge in [0.2, 0.25) is 0 Å². The monoisotopic (exact) mass is 1700 g/mol. The van der Waals surface area contributed by atoms with Gasteiger partial charge in [-0.15, -0.1) is 30.3 Å². The Bertz CT molecular complexity index is 5760. The lowest BCUT2D eigenvalue weighted by Gasteiger charge is -2.19. The number of halogens is 3. The molecule has 2 aliphatic rings. The van der Waals surface area contributed by atoms with Crippen LogP contribution in [0.5, 0.6) is 23.0 Å². The molecule has 12 aromatic heterocycles. The van der Waals surface area contributed by atoms with Gasteiger partial charge < -0.3 is 32.2 Å². The Morgan fingerprint density at radius 2 is 1.07 bits per heavy atom. The lowest BCUT2D eigenvalue weighted by molar-refractivity contribution is -0.286. The quantitative estimate of drug-likeness (QED) is 0.161. The molecule has 0 spiro atoms. The van der Waals surface area contributed by atoms with Gasteiger partial charge in [0.15, 0.2) is 62.9 Å². The van der Waals surface area contributed by atoms with Gasteiger partial charge in [-0.1, -0.05) is 216 Å². The second-order valence-corrected chi connectivity index (χ2v) is 39.4. The number of ether oxygens (including phenoxy) is 4. The van der Waals surface area contributed by atoms with Crippen molar-refractivity contribution in [2.75, 3.05) is 13.2 Å². The standard InChI is InChI=1S/C12H15FN2.C11H14O2.C10H10F2O2.3C10H13N3.C9H11N3.C8H7NO.C8H7NS.2C5H12/c1-8-11(13)10-7-9(12(2,3)4)5-6-15(10)14-8;1-8(2)9-3-4-10-11(7-9)13-6-5-12-10;1-6(2)7-3-4-8-9(5-7)14-10(11,12)13-8;1-10(2,3)8-5-7-13-9(12-8)4-6-11-13;1-10(2,3)8-6-12-9-7-11-4-5-13(8)9;1-10(2,3)8-4-5-13-7-11-12-9(13)6-8;1-7(2)8-6-12-4-3-10-9(12)5-11-8;2*1-6-9-7-4-2-3-5-8(7)10-6;2*1-5(2,3)4/h5-7H,1-4H3;3-4,7-8H,5-6H2,1-2H3;3-6H,1-2H3;3*4-7H,1-3H3;3-7H,1-2H3;2*2-5H,1H3;2*1-4H3. The first-order valence-corrected chi connectivity index (χ1v) is 42.4. The fraction of sp³-hybridized carbons (Fsp3) is 0.418. The molecule has 0 amide bonds. The molecule has 25 heteroatoms. The van der Waals surface area contributed by atoms with Crippen LogP contribution in [0.4, 0.5) is 13.2 Å². The number of nitrogens with zero attached hydrogens (tertiary/aromatic N) is 16. The van der Waals surface area contributed by atoms with Gasteiger partial charge >= 0.3 is 6.29 Å². The minimum absolute atomic E-state index is 0.0341. The summed E-state index contributed by atoms with van der Waals surface area (Å²) in [6.07, 6.45) is 20.7. The molecule has 21 nitrogen and oxygen atoms in total. The van der Waals surface area contributed by atoms with Gasteiger partial charge in [0.25, 0.3) is 0 Å². The Morgan fingerprint density at radius 3 is 1.69 bits per heavy atom. The van der Waals surface area contributed by atoms with E-state index in [0.717, 1.165) is 84.1 Å². The number of thiazole rings is 1. The normalized spacial score (nSPS) is 12.7. The Labute approximate surface area is 728 Å². The van der Waals surface area contributed by atoms with Crippen molar-refractivity contribution < 1.29 is 36.5 Å². The van der Waals surface area contributed by atoms with Gasteiger partial charge in [0, 0.05) is 91.0 Å². The van der Waals surface area contributed by atoms with Crippen LogP contribution in [0.1, 0.15) is 254 Å². The minimum atomic E-state index is -3.52. The number of hydrogen-bond acceptors (Lipinski definition) is 17. The van der Waals surface area contributed by atoms with Crippen molar-refractivity contribution in [2.24, 2.45) is 10.8 Å². The second-order valence-electron chi connectivity index (χ2n) is 38.2. The summed E-state index contributed by atoms with van der Waals surface area (Å²) in [5, 5.41) is 17.2. The van der Waals surface area contributed by atoms with Crippen molar-refractivity contribution in [3.8, 4) is 23.0 Å². The number of aryl methyl sites for hydroxylation is 3. The van der Waals surface area contributed by atoms with E-state index in [-0.39, 0.29) is 44.9 Å². The Kier molecular flexibility index (Phi) is 32.7. The smallest absolute Gasteiger partial charge is 0.486 e. The van der Waals surface area contributed by atoms with Crippen LogP contribution in [-0.2, 0) is 21.7 Å². The van der Waals surface area contributed by atoms with Crippen molar-refractivity contribution in [3.63, 3.8) is 0 Å². The highest BCUT2D eigenvalue weighted by Crippen LogP contribution is 2.42. The Hall–Kier alpha value is -11.6. The fourth-order valence-electron chi connectivity index (χ4n) is 11.4. The molecule has 0 radical (unpaired) electrons.